The monoisotopic (exact) mass is 341 g/mol. The van der Waals surface area contributed by atoms with Crippen LogP contribution in [0.15, 0.2) is 10.7 Å². The van der Waals surface area contributed by atoms with Gasteiger partial charge in [0.05, 0.1) is 16.4 Å². The molecule has 0 aliphatic rings. The highest BCUT2D eigenvalue weighted by molar-refractivity contribution is 9.10. The van der Waals surface area contributed by atoms with Crippen molar-refractivity contribution in [1.29, 1.82) is 0 Å². The number of anilines is 2. The Balaban J connectivity index is 2.93. The zero-order valence-electron chi connectivity index (χ0n) is 13.4. The summed E-state index contributed by atoms with van der Waals surface area (Å²) in [7, 11) is 0. The summed E-state index contributed by atoms with van der Waals surface area (Å²) in [6, 6.07) is 0. The molecule has 1 aromatic heterocycles. The second-order valence-electron chi connectivity index (χ2n) is 6.33. The third kappa shape index (κ3) is 4.97. The van der Waals surface area contributed by atoms with Crippen molar-refractivity contribution in [3.05, 3.63) is 16.2 Å². The number of nitrogen functional groups attached to an aromatic ring is 1. The minimum absolute atomic E-state index is 0.699. The highest BCUT2D eigenvalue weighted by atomic mass is 79.9. The van der Waals surface area contributed by atoms with Crippen molar-refractivity contribution in [3.63, 3.8) is 0 Å². The summed E-state index contributed by atoms with van der Waals surface area (Å²) in [4.78, 5) is 6.93. The predicted molar refractivity (Wildman–Crippen MR) is 92.2 cm³/mol. The van der Waals surface area contributed by atoms with E-state index in [0.717, 1.165) is 34.6 Å². The zero-order chi connectivity index (χ0) is 15.3. The Morgan fingerprint density at radius 3 is 2.10 bits per heavy atom. The molecule has 1 heterocycles. The minimum Gasteiger partial charge on any atom is -0.397 e. The molecular weight excluding hydrogens is 314 g/mol. The Morgan fingerprint density at radius 1 is 1.15 bits per heavy atom. The van der Waals surface area contributed by atoms with E-state index in [1.54, 1.807) is 6.20 Å². The molecule has 0 spiro atoms. The fourth-order valence-electron chi connectivity index (χ4n) is 1.95. The van der Waals surface area contributed by atoms with Crippen molar-refractivity contribution < 1.29 is 0 Å². The number of hydrogen-bond acceptors (Lipinski definition) is 3. The van der Waals surface area contributed by atoms with Gasteiger partial charge in [0.15, 0.2) is 0 Å². The van der Waals surface area contributed by atoms with E-state index in [4.69, 9.17) is 5.73 Å². The van der Waals surface area contributed by atoms with Gasteiger partial charge in [0.1, 0.15) is 5.82 Å². The first kappa shape index (κ1) is 17.3. The Labute approximate surface area is 132 Å². The Morgan fingerprint density at radius 2 is 1.65 bits per heavy atom. The summed E-state index contributed by atoms with van der Waals surface area (Å²) in [5, 5.41) is 0. The molecule has 0 fully saturated rings. The van der Waals surface area contributed by atoms with Crippen LogP contribution in [0.25, 0.3) is 0 Å². The molecule has 114 valence electrons. The lowest BCUT2D eigenvalue weighted by atomic mass is 10.1. The number of nitrogens with zero attached hydrogens (tertiary/aromatic N) is 2. The predicted octanol–water partition coefficient (Wildman–Crippen LogP) is 4.63. The summed E-state index contributed by atoms with van der Waals surface area (Å²) in [5.74, 6) is 2.42. The van der Waals surface area contributed by atoms with Crippen LogP contribution in [0.4, 0.5) is 11.5 Å². The molecule has 0 aliphatic heterocycles. The highest BCUT2D eigenvalue weighted by Gasteiger charge is 2.15. The second-order valence-corrected chi connectivity index (χ2v) is 7.12. The number of pyridine rings is 1. The van der Waals surface area contributed by atoms with Crippen molar-refractivity contribution in [2.75, 3.05) is 23.7 Å². The fraction of sp³-hybridized carbons (Fsp3) is 0.688. The molecule has 0 saturated carbocycles. The summed E-state index contributed by atoms with van der Waals surface area (Å²) in [6.07, 6.45) is 4.12. The standard InChI is InChI=1S/C16H28BrN3/c1-11(2)6-8-20(9-7-12(3)4)16-15(17)13(5)14(18)10-19-16/h10-12H,6-9,18H2,1-5H3. The molecule has 2 N–H and O–H groups in total. The largest absolute Gasteiger partial charge is 0.397 e. The van der Waals surface area contributed by atoms with E-state index in [1.165, 1.54) is 12.8 Å². The molecule has 0 saturated heterocycles. The third-order valence-electron chi connectivity index (χ3n) is 3.54. The van der Waals surface area contributed by atoms with Crippen LogP contribution in [-0.2, 0) is 0 Å². The maximum Gasteiger partial charge on any atom is 0.143 e. The van der Waals surface area contributed by atoms with E-state index < -0.39 is 0 Å². The quantitative estimate of drug-likeness (QED) is 0.785. The fourth-order valence-corrected chi connectivity index (χ4v) is 2.53. The van der Waals surface area contributed by atoms with E-state index >= 15 is 0 Å². The van der Waals surface area contributed by atoms with Gasteiger partial charge in [-0.1, -0.05) is 27.7 Å². The maximum atomic E-state index is 5.92. The first-order valence-electron chi connectivity index (χ1n) is 7.48. The average molecular weight is 342 g/mol. The number of halogens is 1. The van der Waals surface area contributed by atoms with Crippen molar-refractivity contribution in [2.45, 2.75) is 47.5 Å². The third-order valence-corrected chi connectivity index (χ3v) is 4.49. The van der Waals surface area contributed by atoms with Gasteiger partial charge in [-0.05, 0) is 53.1 Å². The van der Waals surface area contributed by atoms with Crippen LogP contribution in [0.2, 0.25) is 0 Å². The van der Waals surface area contributed by atoms with Crippen LogP contribution in [0.3, 0.4) is 0 Å². The lowest BCUT2D eigenvalue weighted by Crippen LogP contribution is -2.29. The van der Waals surface area contributed by atoms with E-state index in [0.29, 0.717) is 11.8 Å². The summed E-state index contributed by atoms with van der Waals surface area (Å²) >= 11 is 3.66. The van der Waals surface area contributed by atoms with Gasteiger partial charge in [-0.25, -0.2) is 4.98 Å². The number of hydrogen-bond donors (Lipinski definition) is 1. The molecule has 20 heavy (non-hydrogen) atoms. The Kier molecular flexibility index (Phi) is 6.80. The highest BCUT2D eigenvalue weighted by Crippen LogP contribution is 2.31. The molecule has 0 aliphatic carbocycles. The summed E-state index contributed by atoms with van der Waals surface area (Å²) < 4.78 is 1.03. The van der Waals surface area contributed by atoms with Gasteiger partial charge >= 0.3 is 0 Å². The van der Waals surface area contributed by atoms with Crippen molar-refractivity contribution in [1.82, 2.24) is 4.98 Å². The molecule has 0 unspecified atom stereocenters. The van der Waals surface area contributed by atoms with Gasteiger partial charge in [-0.15, -0.1) is 0 Å². The van der Waals surface area contributed by atoms with Crippen LogP contribution < -0.4 is 10.6 Å². The molecule has 0 radical (unpaired) electrons. The lowest BCUT2D eigenvalue weighted by molar-refractivity contribution is 0.532. The van der Waals surface area contributed by atoms with Gasteiger partial charge < -0.3 is 10.6 Å². The molecule has 1 aromatic rings. The zero-order valence-corrected chi connectivity index (χ0v) is 15.0. The van der Waals surface area contributed by atoms with Crippen LogP contribution in [0, 0.1) is 18.8 Å². The van der Waals surface area contributed by atoms with Gasteiger partial charge in [0, 0.05) is 13.1 Å². The van der Waals surface area contributed by atoms with E-state index in [1.807, 2.05) is 6.92 Å². The molecular formula is C16H28BrN3. The van der Waals surface area contributed by atoms with Gasteiger partial charge in [0.25, 0.3) is 0 Å². The SMILES string of the molecule is Cc1c(N)cnc(N(CCC(C)C)CCC(C)C)c1Br. The second kappa shape index (κ2) is 7.87. The first-order valence-corrected chi connectivity index (χ1v) is 8.27. The minimum atomic E-state index is 0.699. The van der Waals surface area contributed by atoms with Gasteiger partial charge in [-0.3, -0.25) is 0 Å². The lowest BCUT2D eigenvalue weighted by Gasteiger charge is -2.27. The molecule has 0 aromatic carbocycles. The van der Waals surface area contributed by atoms with Crippen molar-refractivity contribution in [2.24, 2.45) is 11.8 Å². The number of nitrogens with two attached hydrogens (primary N) is 1. The van der Waals surface area contributed by atoms with Crippen LogP contribution in [0.5, 0.6) is 0 Å². The van der Waals surface area contributed by atoms with Crippen molar-refractivity contribution in [3.8, 4) is 0 Å². The molecule has 0 amide bonds. The van der Waals surface area contributed by atoms with E-state index in [2.05, 4.69) is 53.5 Å². The molecule has 0 bridgehead atoms. The topological polar surface area (TPSA) is 42.1 Å². The molecule has 3 nitrogen and oxygen atoms in total. The van der Waals surface area contributed by atoms with Crippen LogP contribution in [0.1, 0.15) is 46.1 Å². The van der Waals surface area contributed by atoms with Gasteiger partial charge in [-0.2, -0.15) is 0 Å². The van der Waals surface area contributed by atoms with E-state index in [-0.39, 0.29) is 0 Å². The molecule has 4 heteroatoms. The Bertz CT molecular complexity index is 418. The van der Waals surface area contributed by atoms with Crippen LogP contribution in [-0.4, -0.2) is 18.1 Å². The normalized spacial score (nSPS) is 11.4. The van der Waals surface area contributed by atoms with Crippen LogP contribution >= 0.6 is 15.9 Å². The smallest absolute Gasteiger partial charge is 0.143 e. The number of aromatic nitrogens is 1. The van der Waals surface area contributed by atoms with Crippen molar-refractivity contribution >= 4 is 27.4 Å². The summed E-state index contributed by atoms with van der Waals surface area (Å²) in [6.45, 7) is 13.2. The molecule has 1 rings (SSSR count). The molecule has 0 atom stereocenters. The van der Waals surface area contributed by atoms with E-state index in [9.17, 15) is 0 Å². The summed E-state index contributed by atoms with van der Waals surface area (Å²) in [5.41, 5.74) is 7.74. The number of rotatable bonds is 7. The van der Waals surface area contributed by atoms with Gasteiger partial charge in [0.2, 0.25) is 0 Å². The maximum absolute atomic E-state index is 5.92. The first-order chi connectivity index (χ1) is 9.32. The Hall–Kier alpha value is -0.770. The average Bonchev–Trinajstić information content (AvgIpc) is 2.37.